The molecule has 3 nitrogen and oxygen atoms in total. The molecule has 4 fully saturated rings. The van der Waals surface area contributed by atoms with Crippen molar-refractivity contribution in [1.82, 2.24) is 10.5 Å². The molecule has 1 aromatic heterocycles. The van der Waals surface area contributed by atoms with E-state index in [1.807, 2.05) is 0 Å². The van der Waals surface area contributed by atoms with Crippen LogP contribution in [0.25, 0.3) is 0 Å². The molecule has 116 valence electrons. The molecular weight excluding hydrogens is 260 g/mol. The third kappa shape index (κ3) is 2.54. The lowest BCUT2D eigenvalue weighted by atomic mass is 9.49. The van der Waals surface area contributed by atoms with Crippen LogP contribution in [0, 0.1) is 23.7 Å². The monoisotopic (exact) mass is 288 g/mol. The van der Waals surface area contributed by atoms with Gasteiger partial charge in [0, 0.05) is 18.0 Å². The summed E-state index contributed by atoms with van der Waals surface area (Å²) in [5.74, 6) is 4.76. The minimum absolute atomic E-state index is 0.345. The van der Waals surface area contributed by atoms with Crippen molar-refractivity contribution in [3.05, 3.63) is 17.5 Å². The van der Waals surface area contributed by atoms with E-state index in [2.05, 4.69) is 30.4 Å². The smallest absolute Gasteiger partial charge is 0.143 e. The number of nitrogens with one attached hydrogen (secondary N) is 1. The zero-order chi connectivity index (χ0) is 14.4. The minimum Gasteiger partial charge on any atom is -0.361 e. The maximum Gasteiger partial charge on any atom is 0.143 e. The third-order valence-corrected chi connectivity index (χ3v) is 5.98. The second-order valence-corrected chi connectivity index (χ2v) is 8.41. The maximum absolute atomic E-state index is 5.82. The van der Waals surface area contributed by atoms with Crippen molar-refractivity contribution >= 4 is 0 Å². The van der Waals surface area contributed by atoms with E-state index in [0.29, 0.717) is 11.3 Å². The lowest BCUT2D eigenvalue weighted by Gasteiger charge is -2.55. The van der Waals surface area contributed by atoms with E-state index in [4.69, 9.17) is 4.52 Å². The molecular formula is C18H28N2O. The van der Waals surface area contributed by atoms with Gasteiger partial charge in [-0.1, -0.05) is 19.0 Å². The fraction of sp³-hybridized carbons (Fsp3) is 0.833. The Labute approximate surface area is 127 Å². The van der Waals surface area contributed by atoms with Crippen LogP contribution in [0.1, 0.15) is 63.8 Å². The van der Waals surface area contributed by atoms with Crippen LogP contribution in [-0.4, -0.2) is 11.7 Å². The molecule has 0 unspecified atom stereocenters. The summed E-state index contributed by atoms with van der Waals surface area (Å²) in [7, 11) is 0. The van der Waals surface area contributed by atoms with Gasteiger partial charge in [0.2, 0.25) is 0 Å². The molecule has 0 amide bonds. The molecule has 0 aliphatic heterocycles. The topological polar surface area (TPSA) is 38.1 Å². The Kier molecular flexibility index (Phi) is 3.36. The molecule has 4 bridgehead atoms. The highest BCUT2D eigenvalue weighted by atomic mass is 16.5. The van der Waals surface area contributed by atoms with Crippen LogP contribution in [0.5, 0.6) is 0 Å². The predicted octanol–water partition coefficient (Wildman–Crippen LogP) is 3.89. The summed E-state index contributed by atoms with van der Waals surface area (Å²) in [5.41, 5.74) is 1.43. The SMILES string of the molecule is CC(C)CNCc1cc(C23CC4CC(CC(C4)C2)C3)on1. The Hall–Kier alpha value is -0.830. The molecule has 0 saturated heterocycles. The van der Waals surface area contributed by atoms with Crippen molar-refractivity contribution in [2.75, 3.05) is 6.54 Å². The van der Waals surface area contributed by atoms with Crippen LogP contribution in [0.2, 0.25) is 0 Å². The predicted molar refractivity (Wildman–Crippen MR) is 82.9 cm³/mol. The van der Waals surface area contributed by atoms with Gasteiger partial charge in [-0.15, -0.1) is 0 Å². The van der Waals surface area contributed by atoms with Crippen LogP contribution >= 0.6 is 0 Å². The summed E-state index contributed by atoms with van der Waals surface area (Å²) >= 11 is 0. The Morgan fingerprint density at radius 1 is 1.19 bits per heavy atom. The summed E-state index contributed by atoms with van der Waals surface area (Å²) < 4.78 is 5.82. The van der Waals surface area contributed by atoms with Gasteiger partial charge in [0.15, 0.2) is 0 Å². The number of hydrogen-bond acceptors (Lipinski definition) is 3. The summed E-state index contributed by atoms with van der Waals surface area (Å²) in [4.78, 5) is 0. The Bertz CT molecular complexity index is 470. The quantitative estimate of drug-likeness (QED) is 0.893. The van der Waals surface area contributed by atoms with E-state index in [1.54, 1.807) is 0 Å². The largest absolute Gasteiger partial charge is 0.361 e. The number of rotatable bonds is 5. The normalized spacial score (nSPS) is 37.6. The van der Waals surface area contributed by atoms with Crippen molar-refractivity contribution in [2.45, 2.75) is 64.3 Å². The lowest BCUT2D eigenvalue weighted by Crippen LogP contribution is -2.48. The van der Waals surface area contributed by atoms with Gasteiger partial charge in [-0.25, -0.2) is 0 Å². The van der Waals surface area contributed by atoms with Gasteiger partial charge in [-0.3, -0.25) is 0 Å². The fourth-order valence-corrected chi connectivity index (χ4v) is 5.55. The van der Waals surface area contributed by atoms with Gasteiger partial charge in [-0.2, -0.15) is 0 Å². The van der Waals surface area contributed by atoms with Crippen LogP contribution in [0.15, 0.2) is 10.6 Å². The van der Waals surface area contributed by atoms with Crippen molar-refractivity contribution in [2.24, 2.45) is 23.7 Å². The van der Waals surface area contributed by atoms with Crippen molar-refractivity contribution in [1.29, 1.82) is 0 Å². The summed E-state index contributed by atoms with van der Waals surface area (Å²) in [5, 5.41) is 7.80. The highest BCUT2D eigenvalue weighted by molar-refractivity contribution is 5.22. The van der Waals surface area contributed by atoms with Crippen LogP contribution in [0.4, 0.5) is 0 Å². The van der Waals surface area contributed by atoms with E-state index < -0.39 is 0 Å². The van der Waals surface area contributed by atoms with E-state index in [9.17, 15) is 0 Å². The first-order valence-corrected chi connectivity index (χ1v) is 8.80. The second-order valence-electron chi connectivity index (χ2n) is 8.41. The number of hydrogen-bond donors (Lipinski definition) is 1. The molecule has 4 aliphatic carbocycles. The number of aromatic nitrogens is 1. The van der Waals surface area contributed by atoms with Gasteiger partial charge >= 0.3 is 0 Å². The Morgan fingerprint density at radius 3 is 2.38 bits per heavy atom. The molecule has 4 saturated carbocycles. The summed E-state index contributed by atoms with van der Waals surface area (Å²) in [6, 6.07) is 2.25. The molecule has 3 heteroatoms. The molecule has 0 atom stereocenters. The zero-order valence-electron chi connectivity index (χ0n) is 13.4. The van der Waals surface area contributed by atoms with Crippen LogP contribution in [-0.2, 0) is 12.0 Å². The highest BCUT2D eigenvalue weighted by Gasteiger charge is 2.53. The first-order valence-electron chi connectivity index (χ1n) is 8.80. The first kappa shape index (κ1) is 13.8. The minimum atomic E-state index is 0.345. The molecule has 1 N–H and O–H groups in total. The van der Waals surface area contributed by atoms with Crippen molar-refractivity contribution < 1.29 is 4.52 Å². The second kappa shape index (κ2) is 5.12. The average molecular weight is 288 g/mol. The summed E-state index contributed by atoms with van der Waals surface area (Å²) in [6.45, 7) is 6.35. The third-order valence-electron chi connectivity index (χ3n) is 5.98. The van der Waals surface area contributed by atoms with Crippen molar-refractivity contribution in [3.8, 4) is 0 Å². The standard InChI is InChI=1S/C18H28N2O/c1-12(2)10-19-11-16-6-17(21-20-16)18-7-13-3-14(8-18)5-15(4-13)9-18/h6,12-15,19H,3-5,7-11H2,1-2H3. The van der Waals surface area contributed by atoms with Gasteiger partial charge in [0.1, 0.15) is 5.76 Å². The first-order chi connectivity index (χ1) is 10.1. The van der Waals surface area contributed by atoms with Crippen LogP contribution in [0.3, 0.4) is 0 Å². The van der Waals surface area contributed by atoms with Gasteiger partial charge in [0.25, 0.3) is 0 Å². The van der Waals surface area contributed by atoms with Gasteiger partial charge < -0.3 is 9.84 Å². The molecule has 0 spiro atoms. The lowest BCUT2D eigenvalue weighted by molar-refractivity contribution is -0.0175. The van der Waals surface area contributed by atoms with E-state index in [0.717, 1.165) is 36.5 Å². The van der Waals surface area contributed by atoms with Gasteiger partial charge in [-0.05, 0) is 68.7 Å². The van der Waals surface area contributed by atoms with E-state index in [1.165, 1.54) is 44.3 Å². The molecule has 21 heavy (non-hydrogen) atoms. The zero-order valence-corrected chi connectivity index (χ0v) is 13.4. The molecule has 0 radical (unpaired) electrons. The maximum atomic E-state index is 5.82. The highest BCUT2D eigenvalue weighted by Crippen LogP contribution is 2.60. The Morgan fingerprint density at radius 2 is 1.81 bits per heavy atom. The molecule has 4 aliphatic rings. The molecule has 1 heterocycles. The molecule has 5 rings (SSSR count). The molecule has 1 aromatic rings. The average Bonchev–Trinajstić information content (AvgIpc) is 2.86. The number of nitrogens with zero attached hydrogens (tertiary/aromatic N) is 1. The Balaban J connectivity index is 1.48. The van der Waals surface area contributed by atoms with Gasteiger partial charge in [0.05, 0.1) is 5.69 Å². The summed E-state index contributed by atoms with van der Waals surface area (Å²) in [6.07, 6.45) is 8.51. The molecule has 0 aromatic carbocycles. The van der Waals surface area contributed by atoms with Crippen LogP contribution < -0.4 is 5.32 Å². The van der Waals surface area contributed by atoms with Crippen molar-refractivity contribution in [3.63, 3.8) is 0 Å². The fourth-order valence-electron chi connectivity index (χ4n) is 5.55. The van der Waals surface area contributed by atoms with E-state index in [-0.39, 0.29) is 0 Å². The van der Waals surface area contributed by atoms with E-state index >= 15 is 0 Å².